The maximum atomic E-state index is 12.9. The van der Waals surface area contributed by atoms with E-state index in [1.807, 2.05) is 6.92 Å². The molecule has 0 saturated carbocycles. The van der Waals surface area contributed by atoms with Gasteiger partial charge in [0.05, 0.1) is 36.0 Å². The molecular weight excluding hydrogens is 397 g/mol. The van der Waals surface area contributed by atoms with Crippen molar-refractivity contribution < 1.29 is 22.7 Å². The number of nitrogens with zero attached hydrogens (tertiary/aromatic N) is 3. The Kier molecular flexibility index (Phi) is 4.85. The molecule has 3 aromatic rings. The van der Waals surface area contributed by atoms with Gasteiger partial charge in [0.15, 0.2) is 0 Å². The predicted octanol–water partition coefficient (Wildman–Crippen LogP) is 4.09. The standard InChI is InChI=1S/C21H19F3N4O2/c1-11-18-16(10-30-11)15-7-12(3-6-17(15)27-19(18)25)20(29)28(2)9-14-5-4-13(8-26-14)21(22,23)24/h3-8,11H,9-10H2,1-2H3,(H2,25,27)/t11-/m0/s1. The summed E-state index contributed by atoms with van der Waals surface area (Å²) in [7, 11) is 1.57. The molecule has 0 spiro atoms. The highest BCUT2D eigenvalue weighted by molar-refractivity contribution is 5.99. The minimum absolute atomic E-state index is 0.0766. The zero-order chi connectivity index (χ0) is 21.6. The SMILES string of the molecule is C[C@@H]1OCc2c1c(N)nc1ccc(C(=O)N(C)Cc3ccc(C(F)(F)F)cn3)cc21. The van der Waals surface area contributed by atoms with Crippen molar-refractivity contribution in [2.24, 2.45) is 0 Å². The first kappa shape index (κ1) is 20.1. The Morgan fingerprint density at radius 3 is 2.73 bits per heavy atom. The highest BCUT2D eigenvalue weighted by Gasteiger charge is 2.31. The van der Waals surface area contributed by atoms with Gasteiger partial charge in [-0.2, -0.15) is 13.2 Å². The summed E-state index contributed by atoms with van der Waals surface area (Å²) in [5.41, 5.74) is 8.46. The van der Waals surface area contributed by atoms with Crippen LogP contribution in [0.2, 0.25) is 0 Å². The van der Waals surface area contributed by atoms with E-state index in [4.69, 9.17) is 10.5 Å². The number of anilines is 1. The quantitative estimate of drug-likeness (QED) is 0.695. The Labute approximate surface area is 170 Å². The van der Waals surface area contributed by atoms with Crippen LogP contribution < -0.4 is 5.73 Å². The number of nitrogen functional groups attached to an aromatic ring is 1. The smallest absolute Gasteiger partial charge is 0.383 e. The molecule has 1 amide bonds. The van der Waals surface area contributed by atoms with E-state index in [0.29, 0.717) is 29.2 Å². The van der Waals surface area contributed by atoms with Crippen molar-refractivity contribution in [3.8, 4) is 0 Å². The minimum atomic E-state index is -4.45. The first-order valence-corrected chi connectivity index (χ1v) is 9.26. The topological polar surface area (TPSA) is 81.3 Å². The van der Waals surface area contributed by atoms with Crippen LogP contribution in [0.25, 0.3) is 10.9 Å². The maximum Gasteiger partial charge on any atom is 0.417 e. The second kappa shape index (κ2) is 7.24. The molecule has 0 radical (unpaired) electrons. The normalized spacial score (nSPS) is 16.0. The van der Waals surface area contributed by atoms with Gasteiger partial charge in [0.2, 0.25) is 0 Å². The van der Waals surface area contributed by atoms with Crippen LogP contribution in [0.3, 0.4) is 0 Å². The van der Waals surface area contributed by atoms with Gasteiger partial charge < -0.3 is 15.4 Å². The van der Waals surface area contributed by atoms with E-state index in [2.05, 4.69) is 9.97 Å². The zero-order valence-corrected chi connectivity index (χ0v) is 16.3. The summed E-state index contributed by atoms with van der Waals surface area (Å²) >= 11 is 0. The third-order valence-electron chi connectivity index (χ3n) is 5.19. The zero-order valence-electron chi connectivity index (χ0n) is 16.3. The summed E-state index contributed by atoms with van der Waals surface area (Å²) in [6.45, 7) is 2.37. The Hall–Kier alpha value is -3.20. The summed E-state index contributed by atoms with van der Waals surface area (Å²) in [4.78, 5) is 22.5. The number of carbonyl (C=O) groups excluding carboxylic acids is 1. The van der Waals surface area contributed by atoms with E-state index in [9.17, 15) is 18.0 Å². The lowest BCUT2D eigenvalue weighted by atomic mass is 10.00. The molecule has 9 heteroatoms. The summed E-state index contributed by atoms with van der Waals surface area (Å²) in [6.07, 6.45) is -3.84. The van der Waals surface area contributed by atoms with Gasteiger partial charge in [0.1, 0.15) is 5.82 Å². The number of hydrogen-bond donors (Lipinski definition) is 1. The van der Waals surface area contributed by atoms with Gasteiger partial charge >= 0.3 is 6.18 Å². The Morgan fingerprint density at radius 2 is 2.07 bits per heavy atom. The second-order valence-electron chi connectivity index (χ2n) is 7.27. The van der Waals surface area contributed by atoms with Crippen LogP contribution in [0.4, 0.5) is 19.0 Å². The molecule has 2 N–H and O–H groups in total. The van der Waals surface area contributed by atoms with Crippen molar-refractivity contribution in [3.05, 3.63) is 64.5 Å². The molecule has 0 fully saturated rings. The number of halogens is 3. The molecule has 0 aliphatic carbocycles. The summed E-state index contributed by atoms with van der Waals surface area (Å²) in [5.74, 6) is 0.142. The van der Waals surface area contributed by atoms with E-state index in [1.165, 1.54) is 11.0 Å². The number of nitrogens with two attached hydrogens (primary N) is 1. The van der Waals surface area contributed by atoms with Crippen molar-refractivity contribution in [2.45, 2.75) is 32.4 Å². The number of hydrogen-bond acceptors (Lipinski definition) is 5. The van der Waals surface area contributed by atoms with Crippen molar-refractivity contribution in [2.75, 3.05) is 12.8 Å². The number of amides is 1. The van der Waals surface area contributed by atoms with Crippen molar-refractivity contribution in [1.29, 1.82) is 0 Å². The van der Waals surface area contributed by atoms with Crippen LogP contribution >= 0.6 is 0 Å². The fraction of sp³-hybridized carbons (Fsp3) is 0.286. The van der Waals surface area contributed by atoms with Gasteiger partial charge in [-0.3, -0.25) is 9.78 Å². The van der Waals surface area contributed by atoms with Gasteiger partial charge in [0.25, 0.3) is 5.91 Å². The Morgan fingerprint density at radius 1 is 1.30 bits per heavy atom. The van der Waals surface area contributed by atoms with Gasteiger partial charge in [0, 0.05) is 29.8 Å². The van der Waals surface area contributed by atoms with Gasteiger partial charge in [-0.25, -0.2) is 4.98 Å². The van der Waals surface area contributed by atoms with E-state index in [1.54, 1.807) is 25.2 Å². The number of rotatable bonds is 3. The van der Waals surface area contributed by atoms with E-state index in [-0.39, 0.29) is 18.6 Å². The number of fused-ring (bicyclic) bond motifs is 3. The monoisotopic (exact) mass is 416 g/mol. The molecule has 0 saturated heterocycles. The molecule has 0 unspecified atom stereocenters. The number of ether oxygens (including phenoxy) is 1. The first-order valence-electron chi connectivity index (χ1n) is 9.26. The highest BCUT2D eigenvalue weighted by atomic mass is 19.4. The molecule has 0 bridgehead atoms. The van der Waals surface area contributed by atoms with E-state index >= 15 is 0 Å². The van der Waals surface area contributed by atoms with Crippen LogP contribution in [0, 0.1) is 0 Å². The van der Waals surface area contributed by atoms with Crippen LogP contribution in [0.5, 0.6) is 0 Å². The maximum absolute atomic E-state index is 12.9. The van der Waals surface area contributed by atoms with Crippen LogP contribution in [-0.4, -0.2) is 27.8 Å². The number of aromatic nitrogens is 2. The first-order chi connectivity index (χ1) is 14.1. The molecule has 30 heavy (non-hydrogen) atoms. The third-order valence-corrected chi connectivity index (χ3v) is 5.19. The number of benzene rings is 1. The summed E-state index contributed by atoms with van der Waals surface area (Å²) < 4.78 is 43.7. The molecule has 1 aliphatic rings. The lowest BCUT2D eigenvalue weighted by molar-refractivity contribution is -0.137. The lowest BCUT2D eigenvalue weighted by Gasteiger charge is -2.18. The summed E-state index contributed by atoms with van der Waals surface area (Å²) in [5, 5.41) is 0.801. The largest absolute Gasteiger partial charge is 0.417 e. The lowest BCUT2D eigenvalue weighted by Crippen LogP contribution is -2.26. The van der Waals surface area contributed by atoms with Crippen molar-refractivity contribution in [3.63, 3.8) is 0 Å². The Bertz CT molecular complexity index is 1130. The molecule has 3 heterocycles. The average molecular weight is 416 g/mol. The summed E-state index contributed by atoms with van der Waals surface area (Å²) in [6, 6.07) is 7.36. The molecule has 1 atom stereocenters. The molecular formula is C21H19F3N4O2. The van der Waals surface area contributed by atoms with Gasteiger partial charge in [-0.1, -0.05) is 0 Å². The van der Waals surface area contributed by atoms with Gasteiger partial charge in [-0.15, -0.1) is 0 Å². The number of alkyl halides is 3. The molecule has 4 rings (SSSR count). The fourth-order valence-corrected chi connectivity index (χ4v) is 3.62. The molecule has 156 valence electrons. The van der Waals surface area contributed by atoms with Gasteiger partial charge in [-0.05, 0) is 42.8 Å². The molecule has 1 aliphatic heterocycles. The molecule has 2 aromatic heterocycles. The Balaban J connectivity index is 1.59. The average Bonchev–Trinajstić information content (AvgIpc) is 3.09. The van der Waals surface area contributed by atoms with Crippen molar-refractivity contribution >= 4 is 22.6 Å². The highest BCUT2D eigenvalue weighted by Crippen LogP contribution is 2.38. The van der Waals surface area contributed by atoms with E-state index in [0.717, 1.165) is 28.8 Å². The van der Waals surface area contributed by atoms with E-state index < -0.39 is 11.7 Å². The third kappa shape index (κ3) is 3.56. The second-order valence-corrected chi connectivity index (χ2v) is 7.27. The fourth-order valence-electron chi connectivity index (χ4n) is 3.62. The minimum Gasteiger partial charge on any atom is -0.383 e. The van der Waals surface area contributed by atoms with Crippen LogP contribution in [0.1, 0.15) is 45.8 Å². The molecule has 1 aromatic carbocycles. The predicted molar refractivity (Wildman–Crippen MR) is 104 cm³/mol. The van der Waals surface area contributed by atoms with Crippen LogP contribution in [0.15, 0.2) is 36.5 Å². The molecule has 6 nitrogen and oxygen atoms in total. The number of pyridine rings is 2. The van der Waals surface area contributed by atoms with Crippen LogP contribution in [-0.2, 0) is 24.1 Å². The van der Waals surface area contributed by atoms with Crippen molar-refractivity contribution in [1.82, 2.24) is 14.9 Å². The number of carbonyl (C=O) groups is 1.